The summed E-state index contributed by atoms with van der Waals surface area (Å²) in [4.78, 5) is 0. The number of hydrogen-bond donors (Lipinski definition) is 1. The van der Waals surface area contributed by atoms with E-state index in [4.69, 9.17) is 0 Å². The van der Waals surface area contributed by atoms with Crippen molar-refractivity contribution in [1.29, 1.82) is 0 Å². The van der Waals surface area contributed by atoms with Gasteiger partial charge in [-0.3, -0.25) is 0 Å². The topological polar surface area (TPSA) is 20.2 Å². The number of rotatable bonds is 3. The predicted molar refractivity (Wildman–Crippen MR) is 63.3 cm³/mol. The van der Waals surface area contributed by atoms with E-state index < -0.39 is 5.60 Å². The standard InChI is InChI=1S/C12H16BrFO/c1-4-5-8-6-9(13)11(10(14)7-8)12(2,3)15/h6-7,15H,4-5H2,1-3H3. The lowest BCUT2D eigenvalue weighted by Crippen LogP contribution is -2.18. The Bertz CT molecular complexity index is 332. The molecule has 0 aliphatic rings. The van der Waals surface area contributed by atoms with Crippen LogP contribution in [0, 0.1) is 5.82 Å². The summed E-state index contributed by atoms with van der Waals surface area (Å²) in [6, 6.07) is 3.38. The first-order valence-electron chi connectivity index (χ1n) is 5.07. The third-order valence-electron chi connectivity index (χ3n) is 2.25. The Morgan fingerprint density at radius 3 is 2.40 bits per heavy atom. The Kier molecular flexibility index (Phi) is 3.90. The normalized spacial score (nSPS) is 11.9. The van der Waals surface area contributed by atoms with Gasteiger partial charge >= 0.3 is 0 Å². The van der Waals surface area contributed by atoms with Crippen molar-refractivity contribution in [3.63, 3.8) is 0 Å². The number of aryl methyl sites for hydroxylation is 1. The fourth-order valence-corrected chi connectivity index (χ4v) is 2.61. The lowest BCUT2D eigenvalue weighted by molar-refractivity contribution is 0.0737. The Morgan fingerprint density at radius 1 is 1.40 bits per heavy atom. The van der Waals surface area contributed by atoms with Crippen molar-refractivity contribution in [3.05, 3.63) is 33.5 Å². The molecule has 0 saturated heterocycles. The highest BCUT2D eigenvalue weighted by molar-refractivity contribution is 9.10. The van der Waals surface area contributed by atoms with Gasteiger partial charge in [-0.05, 0) is 38.0 Å². The number of benzene rings is 1. The maximum Gasteiger partial charge on any atom is 0.130 e. The smallest absolute Gasteiger partial charge is 0.130 e. The van der Waals surface area contributed by atoms with Gasteiger partial charge < -0.3 is 5.11 Å². The van der Waals surface area contributed by atoms with E-state index in [1.54, 1.807) is 13.8 Å². The van der Waals surface area contributed by atoms with Crippen LogP contribution in [0.15, 0.2) is 16.6 Å². The molecule has 1 aromatic carbocycles. The van der Waals surface area contributed by atoms with Gasteiger partial charge in [0.25, 0.3) is 0 Å². The lowest BCUT2D eigenvalue weighted by atomic mass is 9.95. The Morgan fingerprint density at radius 2 is 2.00 bits per heavy atom. The number of hydrogen-bond acceptors (Lipinski definition) is 1. The second-order valence-corrected chi connectivity index (χ2v) is 5.10. The fraction of sp³-hybridized carbons (Fsp3) is 0.500. The van der Waals surface area contributed by atoms with Crippen LogP contribution in [0.25, 0.3) is 0 Å². The second-order valence-electron chi connectivity index (χ2n) is 4.24. The van der Waals surface area contributed by atoms with Crippen LogP contribution in [0.5, 0.6) is 0 Å². The quantitative estimate of drug-likeness (QED) is 0.890. The van der Waals surface area contributed by atoms with Crippen molar-refractivity contribution < 1.29 is 9.50 Å². The average molecular weight is 275 g/mol. The van der Waals surface area contributed by atoms with Gasteiger partial charge in [0.15, 0.2) is 0 Å². The van der Waals surface area contributed by atoms with E-state index in [1.165, 1.54) is 6.07 Å². The zero-order valence-corrected chi connectivity index (χ0v) is 10.9. The van der Waals surface area contributed by atoms with Crippen molar-refractivity contribution in [2.45, 2.75) is 39.2 Å². The Balaban J connectivity index is 3.22. The predicted octanol–water partition coefficient (Wildman–Crippen LogP) is 3.77. The van der Waals surface area contributed by atoms with Crippen molar-refractivity contribution in [1.82, 2.24) is 0 Å². The summed E-state index contributed by atoms with van der Waals surface area (Å²) in [6.07, 6.45) is 1.83. The molecule has 3 heteroatoms. The molecule has 0 bridgehead atoms. The summed E-state index contributed by atoms with van der Waals surface area (Å²) in [7, 11) is 0. The summed E-state index contributed by atoms with van der Waals surface area (Å²) < 4.78 is 14.4. The van der Waals surface area contributed by atoms with Crippen molar-refractivity contribution in [2.24, 2.45) is 0 Å². The zero-order chi connectivity index (χ0) is 11.6. The highest BCUT2D eigenvalue weighted by Crippen LogP contribution is 2.31. The van der Waals surface area contributed by atoms with Gasteiger partial charge in [-0.25, -0.2) is 4.39 Å². The van der Waals surface area contributed by atoms with Crippen LogP contribution in [-0.4, -0.2) is 5.11 Å². The van der Waals surface area contributed by atoms with Crippen LogP contribution in [0.4, 0.5) is 4.39 Å². The van der Waals surface area contributed by atoms with Gasteiger partial charge in [0.2, 0.25) is 0 Å². The SMILES string of the molecule is CCCc1cc(F)c(C(C)(C)O)c(Br)c1. The summed E-state index contributed by atoms with van der Waals surface area (Å²) in [5, 5.41) is 9.80. The van der Waals surface area contributed by atoms with Gasteiger partial charge in [0.05, 0.1) is 5.60 Å². The molecule has 1 aromatic rings. The van der Waals surface area contributed by atoms with E-state index in [0.717, 1.165) is 18.4 Å². The van der Waals surface area contributed by atoms with Crippen LogP contribution in [-0.2, 0) is 12.0 Å². The number of aliphatic hydroxyl groups is 1. The maximum absolute atomic E-state index is 13.7. The Labute approximate surface area is 98.4 Å². The van der Waals surface area contributed by atoms with Crippen LogP contribution < -0.4 is 0 Å². The minimum atomic E-state index is -1.16. The molecule has 0 saturated carbocycles. The van der Waals surface area contributed by atoms with E-state index in [2.05, 4.69) is 22.9 Å². The summed E-state index contributed by atoms with van der Waals surface area (Å²) in [5.41, 5.74) is 0.116. The summed E-state index contributed by atoms with van der Waals surface area (Å²) in [5.74, 6) is -0.347. The van der Waals surface area contributed by atoms with Gasteiger partial charge in [-0.1, -0.05) is 29.3 Å². The number of halogens is 2. The molecular formula is C12H16BrFO. The van der Waals surface area contributed by atoms with Gasteiger partial charge in [-0.2, -0.15) is 0 Å². The minimum absolute atomic E-state index is 0.322. The highest BCUT2D eigenvalue weighted by atomic mass is 79.9. The fourth-order valence-electron chi connectivity index (χ4n) is 1.64. The molecule has 0 radical (unpaired) electrons. The summed E-state index contributed by atoms with van der Waals surface area (Å²) >= 11 is 3.30. The van der Waals surface area contributed by atoms with Gasteiger partial charge in [0.1, 0.15) is 5.82 Å². The largest absolute Gasteiger partial charge is 0.386 e. The van der Waals surface area contributed by atoms with Gasteiger partial charge in [-0.15, -0.1) is 0 Å². The maximum atomic E-state index is 13.7. The van der Waals surface area contributed by atoms with E-state index in [0.29, 0.717) is 10.0 Å². The molecule has 0 fully saturated rings. The van der Waals surface area contributed by atoms with E-state index >= 15 is 0 Å². The van der Waals surface area contributed by atoms with Gasteiger partial charge in [0, 0.05) is 10.0 Å². The van der Waals surface area contributed by atoms with Crippen LogP contribution in [0.3, 0.4) is 0 Å². The van der Waals surface area contributed by atoms with Crippen molar-refractivity contribution in [3.8, 4) is 0 Å². The summed E-state index contributed by atoms with van der Waals surface area (Å²) in [6.45, 7) is 5.21. The molecule has 1 N–H and O–H groups in total. The van der Waals surface area contributed by atoms with E-state index in [-0.39, 0.29) is 5.82 Å². The van der Waals surface area contributed by atoms with E-state index in [9.17, 15) is 9.50 Å². The molecule has 0 aliphatic heterocycles. The molecule has 0 unspecified atom stereocenters. The minimum Gasteiger partial charge on any atom is -0.386 e. The second kappa shape index (κ2) is 4.62. The molecule has 0 aromatic heterocycles. The lowest BCUT2D eigenvalue weighted by Gasteiger charge is -2.21. The highest BCUT2D eigenvalue weighted by Gasteiger charge is 2.24. The molecule has 1 nitrogen and oxygen atoms in total. The van der Waals surface area contributed by atoms with Crippen LogP contribution in [0.1, 0.15) is 38.3 Å². The molecule has 0 atom stereocenters. The molecular weight excluding hydrogens is 259 g/mol. The van der Waals surface area contributed by atoms with Crippen molar-refractivity contribution in [2.75, 3.05) is 0 Å². The first-order valence-corrected chi connectivity index (χ1v) is 5.86. The first kappa shape index (κ1) is 12.7. The Hall–Kier alpha value is -0.410. The van der Waals surface area contributed by atoms with Crippen LogP contribution >= 0.6 is 15.9 Å². The monoisotopic (exact) mass is 274 g/mol. The first-order chi connectivity index (χ1) is 6.86. The van der Waals surface area contributed by atoms with Crippen molar-refractivity contribution >= 4 is 15.9 Å². The third kappa shape index (κ3) is 3.02. The van der Waals surface area contributed by atoms with Crippen LogP contribution in [0.2, 0.25) is 0 Å². The molecule has 0 heterocycles. The molecule has 1 rings (SSSR count). The third-order valence-corrected chi connectivity index (χ3v) is 2.88. The molecule has 15 heavy (non-hydrogen) atoms. The molecule has 0 aliphatic carbocycles. The molecule has 84 valence electrons. The van der Waals surface area contributed by atoms with E-state index in [1.807, 2.05) is 6.07 Å². The molecule has 0 amide bonds. The molecule has 0 spiro atoms. The zero-order valence-electron chi connectivity index (χ0n) is 9.27. The average Bonchev–Trinajstić information content (AvgIpc) is 1.99.